The fraction of sp³-hybridized carbons (Fsp3) is 0.375. The zero-order valence-electron chi connectivity index (χ0n) is 14.5. The average molecular weight is 413 g/mol. The van der Waals surface area contributed by atoms with Gasteiger partial charge in [-0.2, -0.15) is 5.26 Å². The molecular weight excluding hydrogens is 395 g/mol. The van der Waals surface area contributed by atoms with Crippen LogP contribution in [0.1, 0.15) is 20.8 Å². The molecule has 0 bridgehead atoms. The van der Waals surface area contributed by atoms with Crippen molar-refractivity contribution in [3.05, 3.63) is 28.2 Å². The van der Waals surface area contributed by atoms with Gasteiger partial charge in [-0.3, -0.25) is 4.79 Å². The zero-order chi connectivity index (χ0) is 19.5. The third-order valence-corrected chi connectivity index (χ3v) is 5.46. The van der Waals surface area contributed by atoms with Gasteiger partial charge >= 0.3 is 0 Å². The molecule has 26 heavy (non-hydrogen) atoms. The maximum atomic E-state index is 12.2. The number of hydrogen-bond acceptors (Lipinski definition) is 6. The first kappa shape index (κ1) is 20.4. The normalized spacial score (nSPS) is 13.3. The van der Waals surface area contributed by atoms with E-state index in [1.54, 1.807) is 25.1 Å². The molecule has 0 radical (unpaired) electrons. The van der Waals surface area contributed by atoms with Crippen molar-refractivity contribution in [2.75, 3.05) is 11.6 Å². The van der Waals surface area contributed by atoms with E-state index in [4.69, 9.17) is 29.0 Å². The van der Waals surface area contributed by atoms with Crippen molar-refractivity contribution in [2.24, 2.45) is 5.92 Å². The lowest BCUT2D eigenvalue weighted by atomic mass is 9.90. The molecule has 1 heterocycles. The van der Waals surface area contributed by atoms with Crippen molar-refractivity contribution in [3.63, 3.8) is 0 Å². The van der Waals surface area contributed by atoms with Crippen molar-refractivity contribution in [1.82, 2.24) is 20.2 Å². The Morgan fingerprint density at radius 1 is 1.46 bits per heavy atom. The fourth-order valence-electron chi connectivity index (χ4n) is 1.99. The number of nitrogens with one attached hydrogen (secondary N) is 1. The van der Waals surface area contributed by atoms with E-state index in [0.29, 0.717) is 26.6 Å². The highest BCUT2D eigenvalue weighted by Gasteiger charge is 2.30. The molecule has 1 aromatic carbocycles. The first-order chi connectivity index (χ1) is 12.2. The minimum Gasteiger partial charge on any atom is -0.337 e. The van der Waals surface area contributed by atoms with Crippen LogP contribution < -0.4 is 11.2 Å². The van der Waals surface area contributed by atoms with Crippen molar-refractivity contribution in [3.8, 4) is 17.5 Å². The largest absolute Gasteiger partial charge is 0.337 e. The van der Waals surface area contributed by atoms with E-state index in [2.05, 4.69) is 21.6 Å². The van der Waals surface area contributed by atoms with Gasteiger partial charge in [0.25, 0.3) is 0 Å². The molecule has 2 rings (SSSR count). The van der Waals surface area contributed by atoms with Crippen LogP contribution in [0, 0.1) is 17.2 Å². The highest BCUT2D eigenvalue weighted by atomic mass is 35.5. The number of amides is 1. The molecule has 0 aliphatic rings. The maximum absolute atomic E-state index is 12.2. The molecule has 10 heteroatoms. The lowest BCUT2D eigenvalue weighted by molar-refractivity contribution is -0.120. The average Bonchev–Trinajstić information content (AvgIpc) is 2.95. The first-order valence-electron chi connectivity index (χ1n) is 7.69. The summed E-state index contributed by atoms with van der Waals surface area (Å²) in [5, 5.41) is 21.3. The second kappa shape index (κ2) is 8.16. The summed E-state index contributed by atoms with van der Waals surface area (Å²) in [5.74, 6) is 6.08. The van der Waals surface area contributed by atoms with Crippen molar-refractivity contribution >= 4 is 40.9 Å². The molecule has 0 saturated heterocycles. The lowest BCUT2D eigenvalue weighted by Crippen LogP contribution is -2.49. The minimum atomic E-state index is -0.937. The number of nitriles is 1. The molecule has 3 N–H and O–H groups in total. The number of halogens is 2. The molecule has 2 aromatic rings. The van der Waals surface area contributed by atoms with E-state index in [0.717, 1.165) is 11.8 Å². The van der Waals surface area contributed by atoms with Crippen molar-refractivity contribution in [2.45, 2.75) is 31.5 Å². The van der Waals surface area contributed by atoms with Crippen molar-refractivity contribution in [1.29, 1.82) is 5.26 Å². The Hall–Kier alpha value is -1.95. The second-order valence-electron chi connectivity index (χ2n) is 6.11. The Balaban J connectivity index is 2.11. The molecule has 0 saturated carbocycles. The highest BCUT2D eigenvalue weighted by molar-refractivity contribution is 7.99. The van der Waals surface area contributed by atoms with Crippen LogP contribution in [0.15, 0.2) is 23.4 Å². The predicted octanol–water partition coefficient (Wildman–Crippen LogP) is 3.11. The van der Waals surface area contributed by atoms with Gasteiger partial charge < -0.3 is 11.2 Å². The summed E-state index contributed by atoms with van der Waals surface area (Å²) in [4.78, 5) is 12.2. The number of nitrogens with zero attached hydrogens (tertiary/aromatic N) is 4. The molecule has 1 amide bonds. The SMILES string of the molecule is CC(C)C(C)(C#N)NC(=O)CSc1nnc(-c2cc(Cl)ccc2Cl)n1N. The molecule has 1 aromatic heterocycles. The van der Waals surface area contributed by atoms with E-state index in [1.807, 2.05) is 13.8 Å². The van der Waals surface area contributed by atoms with E-state index < -0.39 is 5.54 Å². The first-order valence-corrected chi connectivity index (χ1v) is 9.43. The van der Waals surface area contributed by atoms with Crippen molar-refractivity contribution < 1.29 is 4.79 Å². The molecule has 7 nitrogen and oxygen atoms in total. The number of aromatic nitrogens is 3. The van der Waals surface area contributed by atoms with Gasteiger partial charge in [-0.15, -0.1) is 10.2 Å². The summed E-state index contributed by atoms with van der Waals surface area (Å²) in [7, 11) is 0. The second-order valence-corrected chi connectivity index (χ2v) is 7.89. The number of hydrogen-bond donors (Lipinski definition) is 2. The summed E-state index contributed by atoms with van der Waals surface area (Å²) >= 11 is 13.3. The Labute approximate surface area is 165 Å². The van der Waals surface area contributed by atoms with Crippen LogP contribution in [0.5, 0.6) is 0 Å². The van der Waals surface area contributed by atoms with Gasteiger partial charge in [0.15, 0.2) is 5.82 Å². The Morgan fingerprint density at radius 3 is 2.77 bits per heavy atom. The van der Waals surface area contributed by atoms with E-state index in [9.17, 15) is 10.1 Å². The Bertz CT molecular complexity index is 863. The molecule has 0 aliphatic carbocycles. The van der Waals surface area contributed by atoms with Gasteiger partial charge in [-0.1, -0.05) is 48.8 Å². The van der Waals surface area contributed by atoms with Gasteiger partial charge in [0.05, 0.1) is 16.8 Å². The number of thioether (sulfide) groups is 1. The molecule has 0 fully saturated rings. The van der Waals surface area contributed by atoms with Crippen LogP contribution >= 0.6 is 35.0 Å². The maximum Gasteiger partial charge on any atom is 0.231 e. The van der Waals surface area contributed by atoms with E-state index >= 15 is 0 Å². The quantitative estimate of drug-likeness (QED) is 0.556. The van der Waals surface area contributed by atoms with Crippen LogP contribution in [0.25, 0.3) is 11.4 Å². The number of carbonyl (C=O) groups excluding carboxylic acids is 1. The topological polar surface area (TPSA) is 110 Å². The van der Waals surface area contributed by atoms with Crippen LogP contribution in [0.3, 0.4) is 0 Å². The molecule has 138 valence electrons. The van der Waals surface area contributed by atoms with Crippen LogP contribution in [0.2, 0.25) is 10.0 Å². The number of benzene rings is 1. The monoisotopic (exact) mass is 412 g/mol. The summed E-state index contributed by atoms with van der Waals surface area (Å²) < 4.78 is 1.25. The smallest absolute Gasteiger partial charge is 0.231 e. The highest BCUT2D eigenvalue weighted by Crippen LogP contribution is 2.30. The van der Waals surface area contributed by atoms with Crippen LogP contribution in [0.4, 0.5) is 0 Å². The Morgan fingerprint density at radius 2 is 2.15 bits per heavy atom. The molecular formula is C16H18Cl2N6OS. The van der Waals surface area contributed by atoms with Crippen LogP contribution in [-0.2, 0) is 4.79 Å². The summed E-state index contributed by atoms with van der Waals surface area (Å²) in [6.45, 7) is 5.42. The molecule has 0 spiro atoms. The van der Waals surface area contributed by atoms with E-state index in [-0.39, 0.29) is 17.6 Å². The zero-order valence-corrected chi connectivity index (χ0v) is 16.8. The van der Waals surface area contributed by atoms with Gasteiger partial charge in [-0.05, 0) is 31.0 Å². The number of nitrogen functional groups attached to an aromatic ring is 1. The lowest BCUT2D eigenvalue weighted by Gasteiger charge is -2.27. The van der Waals surface area contributed by atoms with Gasteiger partial charge in [0.1, 0.15) is 5.54 Å². The number of rotatable bonds is 6. The number of carbonyl (C=O) groups is 1. The minimum absolute atomic E-state index is 0.0313. The molecule has 1 unspecified atom stereocenters. The third-order valence-electron chi connectivity index (χ3n) is 3.95. The summed E-state index contributed by atoms with van der Waals surface area (Å²) in [6.07, 6.45) is 0. The Kier molecular flexibility index (Phi) is 6.39. The van der Waals surface area contributed by atoms with Gasteiger partial charge in [-0.25, -0.2) is 4.68 Å². The molecule has 1 atom stereocenters. The molecule has 0 aliphatic heterocycles. The van der Waals surface area contributed by atoms with Crippen LogP contribution in [-0.4, -0.2) is 32.1 Å². The van der Waals surface area contributed by atoms with Gasteiger partial charge in [0.2, 0.25) is 11.1 Å². The summed E-state index contributed by atoms with van der Waals surface area (Å²) in [6, 6.07) is 7.07. The third kappa shape index (κ3) is 4.41. The summed E-state index contributed by atoms with van der Waals surface area (Å²) in [5.41, 5.74) is -0.393. The fourth-order valence-corrected chi connectivity index (χ4v) is 3.02. The standard InChI is InChI=1S/C16H18Cl2N6OS/c1-9(2)16(3,8-19)21-13(25)7-26-15-23-22-14(24(15)20)11-6-10(17)4-5-12(11)18/h4-6,9H,7,20H2,1-3H3,(H,21,25). The van der Waals surface area contributed by atoms with Gasteiger partial charge in [0, 0.05) is 10.6 Å². The predicted molar refractivity (Wildman–Crippen MR) is 103 cm³/mol. The van der Waals surface area contributed by atoms with E-state index in [1.165, 1.54) is 4.68 Å². The number of nitrogens with two attached hydrogens (primary N) is 1.